The van der Waals surface area contributed by atoms with Crippen LogP contribution in [0.25, 0.3) is 11.1 Å². The molecule has 1 saturated heterocycles. The van der Waals surface area contributed by atoms with Crippen molar-refractivity contribution in [3.05, 3.63) is 76.3 Å². The third kappa shape index (κ3) is 5.68. The van der Waals surface area contributed by atoms with Crippen molar-refractivity contribution in [2.24, 2.45) is 5.92 Å². The van der Waals surface area contributed by atoms with Gasteiger partial charge in [-0.3, -0.25) is 4.79 Å². The first-order chi connectivity index (χ1) is 17.1. The summed E-state index contributed by atoms with van der Waals surface area (Å²) in [5.41, 5.74) is 2.92. The van der Waals surface area contributed by atoms with E-state index in [1.54, 1.807) is 12.1 Å². The van der Waals surface area contributed by atoms with Crippen molar-refractivity contribution in [2.45, 2.75) is 25.7 Å². The fourth-order valence-electron chi connectivity index (χ4n) is 4.69. The Morgan fingerprint density at radius 2 is 1.74 bits per heavy atom. The average molecular weight is 512 g/mol. The number of benzene rings is 3. The molecule has 2 aliphatic rings. The molecule has 0 unspecified atom stereocenters. The number of rotatable bonds is 7. The highest BCUT2D eigenvalue weighted by Gasteiger charge is 2.24. The first-order valence-corrected chi connectivity index (χ1v) is 12.7. The van der Waals surface area contributed by atoms with E-state index in [0.717, 1.165) is 61.4 Å². The van der Waals surface area contributed by atoms with Gasteiger partial charge in [0, 0.05) is 29.2 Å². The SMILES string of the molecule is O=C(COc1ccccc1-c1ccc(Cl)cc1Cl)N1CCC(CCc2ccc3c(c2)OCO3)CC1. The molecule has 1 fully saturated rings. The van der Waals surface area contributed by atoms with Gasteiger partial charge in [0.05, 0.1) is 5.02 Å². The number of para-hydroxylation sites is 1. The molecule has 0 aliphatic carbocycles. The van der Waals surface area contributed by atoms with E-state index in [4.69, 9.17) is 37.4 Å². The number of hydrogen-bond acceptors (Lipinski definition) is 4. The molecule has 35 heavy (non-hydrogen) atoms. The van der Waals surface area contributed by atoms with E-state index in [0.29, 0.717) is 28.5 Å². The van der Waals surface area contributed by atoms with Crippen molar-refractivity contribution in [1.29, 1.82) is 0 Å². The van der Waals surface area contributed by atoms with E-state index >= 15 is 0 Å². The maximum Gasteiger partial charge on any atom is 0.260 e. The first kappa shape index (κ1) is 23.8. The smallest absolute Gasteiger partial charge is 0.260 e. The Morgan fingerprint density at radius 3 is 2.57 bits per heavy atom. The van der Waals surface area contributed by atoms with Crippen molar-refractivity contribution < 1.29 is 19.0 Å². The van der Waals surface area contributed by atoms with E-state index in [9.17, 15) is 4.79 Å². The summed E-state index contributed by atoms with van der Waals surface area (Å²) >= 11 is 12.4. The molecule has 3 aromatic carbocycles. The molecule has 0 N–H and O–H groups in total. The Balaban J connectivity index is 1.11. The Kier molecular flexibility index (Phi) is 7.35. The Morgan fingerprint density at radius 1 is 0.943 bits per heavy atom. The van der Waals surface area contributed by atoms with Gasteiger partial charge in [-0.15, -0.1) is 0 Å². The number of nitrogens with zero attached hydrogens (tertiary/aromatic N) is 1. The maximum absolute atomic E-state index is 12.9. The molecule has 0 aromatic heterocycles. The minimum Gasteiger partial charge on any atom is -0.483 e. The van der Waals surface area contributed by atoms with Crippen LogP contribution in [0.1, 0.15) is 24.8 Å². The molecule has 2 aliphatic heterocycles. The highest BCUT2D eigenvalue weighted by Crippen LogP contribution is 2.36. The molecule has 182 valence electrons. The van der Waals surface area contributed by atoms with Gasteiger partial charge in [-0.05, 0) is 67.5 Å². The topological polar surface area (TPSA) is 48.0 Å². The standard InChI is InChI=1S/C28H27Cl2NO4/c29-21-8-9-22(24(30)16-21)23-3-1-2-4-25(23)33-17-28(32)31-13-11-19(12-14-31)5-6-20-7-10-26-27(15-20)35-18-34-26/h1-4,7-10,15-16,19H,5-6,11-14,17-18H2. The van der Waals surface area contributed by atoms with Crippen LogP contribution in [0.4, 0.5) is 0 Å². The van der Waals surface area contributed by atoms with E-state index in [2.05, 4.69) is 12.1 Å². The lowest BCUT2D eigenvalue weighted by atomic mass is 9.90. The van der Waals surface area contributed by atoms with Gasteiger partial charge in [0.25, 0.3) is 5.91 Å². The molecule has 1 amide bonds. The second kappa shape index (κ2) is 10.8. The van der Waals surface area contributed by atoms with Crippen molar-refractivity contribution in [2.75, 3.05) is 26.5 Å². The zero-order chi connectivity index (χ0) is 24.2. The van der Waals surface area contributed by atoms with Crippen LogP contribution in [-0.4, -0.2) is 37.3 Å². The number of halogens is 2. The van der Waals surface area contributed by atoms with E-state index in [1.807, 2.05) is 41.3 Å². The van der Waals surface area contributed by atoms with Crippen molar-refractivity contribution in [3.8, 4) is 28.4 Å². The van der Waals surface area contributed by atoms with Crippen LogP contribution >= 0.6 is 23.2 Å². The zero-order valence-corrected chi connectivity index (χ0v) is 20.9. The van der Waals surface area contributed by atoms with E-state index in [1.165, 1.54) is 5.56 Å². The molecule has 0 saturated carbocycles. The first-order valence-electron chi connectivity index (χ1n) is 11.9. The van der Waals surface area contributed by atoms with Crippen molar-refractivity contribution >= 4 is 29.1 Å². The summed E-state index contributed by atoms with van der Waals surface area (Å²) in [4.78, 5) is 14.8. The summed E-state index contributed by atoms with van der Waals surface area (Å²) < 4.78 is 16.8. The predicted molar refractivity (Wildman–Crippen MR) is 138 cm³/mol. The number of likely N-dealkylation sites (tertiary alicyclic amines) is 1. The van der Waals surface area contributed by atoms with Crippen LogP contribution in [0.5, 0.6) is 17.2 Å². The molecule has 0 bridgehead atoms. The quantitative estimate of drug-likeness (QED) is 0.356. The molecule has 7 heteroatoms. The molecule has 2 heterocycles. The maximum atomic E-state index is 12.9. The fraction of sp³-hybridized carbons (Fsp3) is 0.321. The van der Waals surface area contributed by atoms with Gasteiger partial charge in [0.1, 0.15) is 5.75 Å². The lowest BCUT2D eigenvalue weighted by Crippen LogP contribution is -2.41. The Bertz CT molecular complexity index is 1210. The summed E-state index contributed by atoms with van der Waals surface area (Å²) in [5, 5.41) is 1.12. The number of carbonyl (C=O) groups excluding carboxylic acids is 1. The van der Waals surface area contributed by atoms with Gasteiger partial charge in [-0.25, -0.2) is 0 Å². The molecular weight excluding hydrogens is 485 g/mol. The fourth-order valence-corrected chi connectivity index (χ4v) is 5.20. The summed E-state index contributed by atoms with van der Waals surface area (Å²) in [6, 6.07) is 19.1. The normalized spacial score (nSPS) is 15.3. The lowest BCUT2D eigenvalue weighted by Gasteiger charge is -2.32. The average Bonchev–Trinajstić information content (AvgIpc) is 3.35. The molecule has 0 atom stereocenters. The second-order valence-corrected chi connectivity index (χ2v) is 9.80. The van der Waals surface area contributed by atoms with E-state index in [-0.39, 0.29) is 12.5 Å². The van der Waals surface area contributed by atoms with Gasteiger partial charge >= 0.3 is 0 Å². The second-order valence-electron chi connectivity index (χ2n) is 8.96. The van der Waals surface area contributed by atoms with Gasteiger partial charge in [-0.2, -0.15) is 0 Å². The van der Waals surface area contributed by atoms with Gasteiger partial charge in [0.15, 0.2) is 18.1 Å². The monoisotopic (exact) mass is 511 g/mol. The lowest BCUT2D eigenvalue weighted by molar-refractivity contribution is -0.134. The van der Waals surface area contributed by atoms with E-state index < -0.39 is 0 Å². The zero-order valence-electron chi connectivity index (χ0n) is 19.3. The number of ether oxygens (including phenoxy) is 3. The van der Waals surface area contributed by atoms with Gasteiger partial charge in [0.2, 0.25) is 6.79 Å². The molecule has 0 radical (unpaired) electrons. The van der Waals surface area contributed by atoms with Crippen molar-refractivity contribution in [1.82, 2.24) is 4.90 Å². The minimum atomic E-state index is 0.00405. The van der Waals surface area contributed by atoms with Crippen LogP contribution in [0.2, 0.25) is 10.0 Å². The summed E-state index contributed by atoms with van der Waals surface area (Å²) in [6.07, 6.45) is 4.12. The van der Waals surface area contributed by atoms with Crippen LogP contribution in [0, 0.1) is 5.92 Å². The summed E-state index contributed by atoms with van der Waals surface area (Å²) in [7, 11) is 0. The van der Waals surface area contributed by atoms with Gasteiger partial charge in [-0.1, -0.05) is 53.5 Å². The van der Waals surface area contributed by atoms with Crippen molar-refractivity contribution in [3.63, 3.8) is 0 Å². The molecular formula is C28H27Cl2NO4. The number of piperidine rings is 1. The largest absolute Gasteiger partial charge is 0.483 e. The number of aryl methyl sites for hydroxylation is 1. The van der Waals surface area contributed by atoms with Crippen LogP contribution < -0.4 is 14.2 Å². The molecule has 3 aromatic rings. The van der Waals surface area contributed by atoms with Crippen LogP contribution in [0.3, 0.4) is 0 Å². The minimum absolute atomic E-state index is 0.00405. The number of amides is 1. The molecule has 0 spiro atoms. The number of fused-ring (bicyclic) bond motifs is 1. The Labute approximate surface area is 215 Å². The molecule has 5 rings (SSSR count). The molecule has 5 nitrogen and oxygen atoms in total. The summed E-state index contributed by atoms with van der Waals surface area (Å²) in [5.74, 6) is 2.91. The third-order valence-corrected chi connectivity index (χ3v) is 7.25. The highest BCUT2D eigenvalue weighted by molar-refractivity contribution is 6.36. The van der Waals surface area contributed by atoms with Crippen LogP contribution in [0.15, 0.2) is 60.7 Å². The van der Waals surface area contributed by atoms with Gasteiger partial charge < -0.3 is 19.1 Å². The number of carbonyl (C=O) groups is 1. The Hall–Kier alpha value is -2.89. The number of hydrogen-bond donors (Lipinski definition) is 0. The van der Waals surface area contributed by atoms with Crippen LogP contribution in [-0.2, 0) is 11.2 Å². The third-order valence-electron chi connectivity index (χ3n) is 6.70. The summed E-state index contributed by atoms with van der Waals surface area (Å²) in [6.45, 7) is 1.83. The highest BCUT2D eigenvalue weighted by atomic mass is 35.5. The predicted octanol–water partition coefficient (Wildman–Crippen LogP) is 6.64.